The maximum atomic E-state index is 12.9. The number of hydrogen-bond acceptors (Lipinski definition) is 5. The summed E-state index contributed by atoms with van der Waals surface area (Å²) in [7, 11) is -3.33. The van der Waals surface area contributed by atoms with Crippen LogP contribution in [0.15, 0.2) is 72.8 Å². The molecule has 1 spiro atoms. The van der Waals surface area contributed by atoms with Crippen LogP contribution < -0.4 is 4.74 Å². The molecule has 206 valence electrons. The minimum Gasteiger partial charge on any atom is -0.487 e. The maximum Gasteiger partial charge on any atom is 0.409 e. The normalized spacial score (nSPS) is 21.2. The van der Waals surface area contributed by atoms with E-state index in [0.717, 1.165) is 22.3 Å². The molecular formula is C32H37NO5S. The molecular weight excluding hydrogens is 510 g/mol. The predicted octanol–water partition coefficient (Wildman–Crippen LogP) is 6.42. The molecule has 5 rings (SSSR count). The van der Waals surface area contributed by atoms with Crippen LogP contribution in [0.4, 0.5) is 4.79 Å². The molecule has 0 aliphatic carbocycles. The van der Waals surface area contributed by atoms with E-state index < -0.39 is 47.7 Å². The van der Waals surface area contributed by atoms with Crippen molar-refractivity contribution in [3.63, 3.8) is 0 Å². The van der Waals surface area contributed by atoms with Crippen LogP contribution in [0.5, 0.6) is 5.75 Å². The van der Waals surface area contributed by atoms with Gasteiger partial charge in [0.05, 0.1) is 20.8 Å². The van der Waals surface area contributed by atoms with Crippen LogP contribution in [0.25, 0.3) is 11.1 Å². The molecule has 0 radical (unpaired) electrons. The Morgan fingerprint density at radius 2 is 1.67 bits per heavy atom. The number of piperidine rings is 1. The molecule has 3 aromatic rings. The van der Waals surface area contributed by atoms with Crippen molar-refractivity contribution in [3.8, 4) is 16.9 Å². The zero-order chi connectivity index (χ0) is 35.2. The van der Waals surface area contributed by atoms with Crippen molar-refractivity contribution in [2.75, 3.05) is 19.6 Å². The average Bonchev–Trinajstić information content (AvgIpc) is 3.00. The Bertz CT molecular complexity index is 1720. The van der Waals surface area contributed by atoms with Crippen molar-refractivity contribution in [1.29, 1.82) is 0 Å². The lowest BCUT2D eigenvalue weighted by Gasteiger charge is -2.44. The second-order valence-corrected chi connectivity index (χ2v) is 12.2. The zero-order valence-corrected chi connectivity index (χ0v) is 22.3. The van der Waals surface area contributed by atoms with Crippen molar-refractivity contribution in [3.05, 3.63) is 89.5 Å². The number of nitrogens with zero attached hydrogens (tertiary/aromatic N) is 1. The molecule has 0 aromatic heterocycles. The summed E-state index contributed by atoms with van der Waals surface area (Å²) in [4.78, 5) is 14.0. The zero-order valence-electron chi connectivity index (χ0n) is 30.5. The van der Waals surface area contributed by atoms with Crippen LogP contribution in [0.3, 0.4) is 0 Å². The van der Waals surface area contributed by atoms with Crippen molar-refractivity contribution >= 4 is 15.9 Å². The first kappa shape index (κ1) is 18.1. The van der Waals surface area contributed by atoms with E-state index in [1.54, 1.807) is 12.1 Å². The Kier molecular flexibility index (Phi) is 5.30. The molecule has 0 N–H and O–H groups in total. The van der Waals surface area contributed by atoms with E-state index in [1.807, 2.05) is 60.7 Å². The molecule has 0 bridgehead atoms. The number of aryl methyl sites for hydroxylation is 1. The highest BCUT2D eigenvalue weighted by atomic mass is 32.2. The van der Waals surface area contributed by atoms with Crippen molar-refractivity contribution in [2.45, 2.75) is 56.5 Å². The van der Waals surface area contributed by atoms with E-state index in [-0.39, 0.29) is 24.6 Å². The first-order chi connectivity index (χ1) is 22.2. The summed E-state index contributed by atoms with van der Waals surface area (Å²) in [5.41, 5.74) is 3.76. The van der Waals surface area contributed by atoms with E-state index in [0.29, 0.717) is 37.0 Å². The molecule has 2 aliphatic rings. The van der Waals surface area contributed by atoms with E-state index in [4.69, 9.17) is 21.8 Å². The quantitative estimate of drug-likeness (QED) is 0.336. The van der Waals surface area contributed by atoms with Gasteiger partial charge in [-0.2, -0.15) is 0 Å². The van der Waals surface area contributed by atoms with Gasteiger partial charge >= 0.3 is 6.09 Å². The van der Waals surface area contributed by atoms with Crippen molar-refractivity contribution in [1.82, 2.24) is 4.90 Å². The fourth-order valence-corrected chi connectivity index (χ4v) is 6.74. The number of carbonyl (C=O) groups excluding carboxylic acids is 1. The fourth-order valence-electron chi connectivity index (χ4n) is 5.24. The SMILES string of the molecule is [2H]C([2H])([2H])C([2H])(C([2H])([2H])[2H])C([2H])([2H])OC(=O)N1CCC2(CCc3cc(-c4ccc(CS(=O)(=O)Cc5ccccc5)cc4)ccc3O2)CC1. The third kappa shape index (κ3) is 6.82. The topological polar surface area (TPSA) is 72.9 Å². The van der Waals surface area contributed by atoms with Crippen LogP contribution in [0, 0.1) is 5.89 Å². The number of sulfone groups is 1. The second kappa shape index (κ2) is 11.4. The smallest absolute Gasteiger partial charge is 0.409 e. The number of fused-ring (bicyclic) bond motifs is 1. The Balaban J connectivity index is 1.19. The molecule has 0 unspecified atom stereocenters. The van der Waals surface area contributed by atoms with Gasteiger partial charge in [0.2, 0.25) is 0 Å². The molecule has 0 atom stereocenters. The summed E-state index contributed by atoms with van der Waals surface area (Å²) in [5.74, 6) is -3.07. The highest BCUT2D eigenvalue weighted by Gasteiger charge is 2.40. The van der Waals surface area contributed by atoms with Gasteiger partial charge in [-0.05, 0) is 58.7 Å². The largest absolute Gasteiger partial charge is 0.487 e. The third-order valence-electron chi connectivity index (χ3n) is 7.31. The first-order valence-corrected chi connectivity index (χ1v) is 14.7. The van der Waals surface area contributed by atoms with Crippen molar-refractivity contribution < 1.29 is 35.0 Å². The Labute approximate surface area is 244 Å². The number of benzene rings is 3. The van der Waals surface area contributed by atoms with Gasteiger partial charge in [-0.1, -0.05) is 74.4 Å². The van der Waals surface area contributed by atoms with Gasteiger partial charge in [0, 0.05) is 35.5 Å². The first-order valence-electron chi connectivity index (χ1n) is 17.4. The average molecular weight is 557 g/mol. The lowest BCUT2D eigenvalue weighted by molar-refractivity contribution is -0.0152. The lowest BCUT2D eigenvalue weighted by Crippen LogP contribution is -2.51. The van der Waals surface area contributed by atoms with Gasteiger partial charge in [0.25, 0.3) is 0 Å². The number of ether oxygens (including phenoxy) is 2. The second-order valence-electron chi connectivity index (χ2n) is 10.2. The van der Waals surface area contributed by atoms with Crippen LogP contribution in [0.1, 0.15) is 62.0 Å². The molecule has 1 fully saturated rings. The molecule has 0 saturated carbocycles. The van der Waals surface area contributed by atoms with Crippen LogP contribution >= 0.6 is 0 Å². The highest BCUT2D eigenvalue weighted by Crippen LogP contribution is 2.41. The van der Waals surface area contributed by atoms with E-state index in [1.165, 1.54) is 4.90 Å². The summed E-state index contributed by atoms with van der Waals surface area (Å²) >= 11 is 0. The Morgan fingerprint density at radius 3 is 2.36 bits per heavy atom. The van der Waals surface area contributed by atoms with Gasteiger partial charge in [-0.25, -0.2) is 13.2 Å². The number of carbonyl (C=O) groups is 1. The molecule has 1 saturated heterocycles. The van der Waals surface area contributed by atoms with Gasteiger partial charge in [-0.15, -0.1) is 0 Å². The molecule has 3 aromatic carbocycles. The highest BCUT2D eigenvalue weighted by molar-refractivity contribution is 7.89. The third-order valence-corrected chi connectivity index (χ3v) is 8.86. The standard InChI is InChI=1S/C32H37NO5S/c1-24(2)21-37-31(34)33-18-16-32(17-19-33)15-14-29-20-28(12-13-30(29)38-32)27-10-8-26(9-11-27)23-39(35,36)22-25-6-4-3-5-7-25/h3-13,20,24H,14-19,21-23H2,1-2H3/i1D3,2D3,21D2,24D. The lowest BCUT2D eigenvalue weighted by atomic mass is 9.82. The maximum absolute atomic E-state index is 12.9. The summed E-state index contributed by atoms with van der Waals surface area (Å²) in [5, 5.41) is 0. The number of amides is 1. The molecule has 39 heavy (non-hydrogen) atoms. The monoisotopic (exact) mass is 556 g/mol. The Hall–Kier alpha value is -3.32. The van der Waals surface area contributed by atoms with Crippen molar-refractivity contribution in [2.24, 2.45) is 5.89 Å². The van der Waals surface area contributed by atoms with Gasteiger partial charge in [-0.3, -0.25) is 0 Å². The Morgan fingerprint density at radius 1 is 1.00 bits per heavy atom. The number of likely N-dealkylation sites (tertiary alicyclic amines) is 1. The summed E-state index contributed by atoms with van der Waals surface area (Å²) in [6.45, 7) is -10.6. The van der Waals surface area contributed by atoms with Gasteiger partial charge in [0.1, 0.15) is 11.4 Å². The molecule has 2 heterocycles. The fraction of sp³-hybridized carbons (Fsp3) is 0.406. The number of rotatable bonds is 7. The van der Waals surface area contributed by atoms with Crippen LogP contribution in [-0.4, -0.2) is 44.7 Å². The summed E-state index contributed by atoms with van der Waals surface area (Å²) in [6, 6.07) is 22.4. The summed E-state index contributed by atoms with van der Waals surface area (Å²) in [6.07, 6.45) is 0.876. The summed E-state index contributed by atoms with van der Waals surface area (Å²) < 4.78 is 106. The van der Waals surface area contributed by atoms with Crippen LogP contribution in [0.2, 0.25) is 0 Å². The molecule has 1 amide bonds. The molecule has 6 nitrogen and oxygen atoms in total. The number of hydrogen-bond donors (Lipinski definition) is 0. The molecule has 2 aliphatic heterocycles. The van der Waals surface area contributed by atoms with E-state index >= 15 is 0 Å². The van der Waals surface area contributed by atoms with Gasteiger partial charge in [0.15, 0.2) is 9.84 Å². The minimum absolute atomic E-state index is 0.0207. The van der Waals surface area contributed by atoms with Crippen LogP contribution in [-0.2, 0) is 32.5 Å². The predicted molar refractivity (Wildman–Crippen MR) is 153 cm³/mol. The van der Waals surface area contributed by atoms with E-state index in [9.17, 15) is 13.2 Å². The van der Waals surface area contributed by atoms with E-state index in [2.05, 4.69) is 0 Å². The minimum atomic E-state index is -3.69. The van der Waals surface area contributed by atoms with Gasteiger partial charge < -0.3 is 14.4 Å². The molecule has 7 heteroatoms.